The number of hydrogen-bond acceptors (Lipinski definition) is 3. The molecule has 76 valence electrons. The van der Waals surface area contributed by atoms with Gasteiger partial charge >= 0.3 is 5.97 Å². The third kappa shape index (κ3) is 2.02. The molecule has 5 heteroatoms. The van der Waals surface area contributed by atoms with Crippen LogP contribution in [0, 0.1) is 5.92 Å². The Balaban J connectivity index is 2.93. The number of carboxylic acid groups (broad SMARTS) is 1. The van der Waals surface area contributed by atoms with Gasteiger partial charge in [0.2, 0.25) is 0 Å². The third-order valence-corrected chi connectivity index (χ3v) is 5.05. The molecule has 1 aliphatic rings. The number of carboxylic acids is 1. The van der Waals surface area contributed by atoms with Gasteiger partial charge in [0.05, 0.1) is 5.25 Å². The van der Waals surface area contributed by atoms with Crippen molar-refractivity contribution in [3.8, 4) is 0 Å². The lowest BCUT2D eigenvalue weighted by Gasteiger charge is -2.15. The molecule has 0 aromatic heterocycles. The normalized spacial score (nSPS) is 20.2. The van der Waals surface area contributed by atoms with Crippen LogP contribution >= 0.6 is 0 Å². The second kappa shape index (κ2) is 3.29. The standard InChI is InChI=1S/C8H14O4S/c1-5(2)7(8(9)10)13(11,12)6-3-4-6/h5-7H,3-4H2,1-2H3,(H,9,10). The Labute approximate surface area is 77.9 Å². The Bertz CT molecular complexity index is 300. The molecule has 1 aliphatic carbocycles. The summed E-state index contributed by atoms with van der Waals surface area (Å²) in [6, 6.07) is 0. The molecular formula is C8H14O4S. The van der Waals surface area contributed by atoms with Crippen molar-refractivity contribution >= 4 is 15.8 Å². The first kappa shape index (κ1) is 10.5. The first-order valence-electron chi connectivity index (χ1n) is 4.33. The van der Waals surface area contributed by atoms with E-state index in [1.54, 1.807) is 13.8 Å². The number of sulfone groups is 1. The molecule has 0 bridgehead atoms. The van der Waals surface area contributed by atoms with Gasteiger partial charge in [0.25, 0.3) is 0 Å². The molecule has 0 radical (unpaired) electrons. The average molecular weight is 206 g/mol. The molecule has 4 nitrogen and oxygen atoms in total. The molecular weight excluding hydrogens is 192 g/mol. The summed E-state index contributed by atoms with van der Waals surface area (Å²) in [5.74, 6) is -1.58. The van der Waals surface area contributed by atoms with Crippen LogP contribution in [0.4, 0.5) is 0 Å². The van der Waals surface area contributed by atoms with Crippen LogP contribution in [-0.4, -0.2) is 30.0 Å². The quantitative estimate of drug-likeness (QED) is 0.734. The van der Waals surface area contributed by atoms with Crippen molar-refractivity contribution < 1.29 is 18.3 Å². The van der Waals surface area contributed by atoms with Crippen LogP contribution < -0.4 is 0 Å². The van der Waals surface area contributed by atoms with E-state index >= 15 is 0 Å². The zero-order chi connectivity index (χ0) is 10.2. The molecule has 13 heavy (non-hydrogen) atoms. The van der Waals surface area contributed by atoms with E-state index in [2.05, 4.69) is 0 Å². The van der Waals surface area contributed by atoms with Gasteiger partial charge in [-0.05, 0) is 18.8 Å². The lowest BCUT2D eigenvalue weighted by Crippen LogP contribution is -2.37. The Kier molecular flexibility index (Phi) is 2.66. The topological polar surface area (TPSA) is 71.4 Å². The summed E-state index contributed by atoms with van der Waals surface area (Å²) in [4.78, 5) is 10.7. The monoisotopic (exact) mass is 206 g/mol. The molecule has 0 aliphatic heterocycles. The zero-order valence-corrected chi connectivity index (χ0v) is 8.54. The highest BCUT2D eigenvalue weighted by Gasteiger charge is 2.45. The van der Waals surface area contributed by atoms with Crippen LogP contribution in [0.1, 0.15) is 26.7 Å². The molecule has 0 heterocycles. The fraction of sp³-hybridized carbons (Fsp3) is 0.875. The smallest absolute Gasteiger partial charge is 0.322 e. The molecule has 0 aromatic carbocycles. The Morgan fingerprint density at radius 2 is 1.85 bits per heavy atom. The van der Waals surface area contributed by atoms with Crippen molar-refractivity contribution in [2.45, 2.75) is 37.2 Å². The van der Waals surface area contributed by atoms with E-state index in [4.69, 9.17) is 5.11 Å². The fourth-order valence-corrected chi connectivity index (χ4v) is 3.66. The summed E-state index contributed by atoms with van der Waals surface area (Å²) in [7, 11) is -3.43. The minimum absolute atomic E-state index is 0.358. The first-order valence-corrected chi connectivity index (χ1v) is 5.94. The van der Waals surface area contributed by atoms with Crippen LogP contribution in [0.3, 0.4) is 0 Å². The maximum absolute atomic E-state index is 11.6. The Morgan fingerprint density at radius 3 is 2.08 bits per heavy atom. The number of aliphatic carboxylic acids is 1. The zero-order valence-electron chi connectivity index (χ0n) is 7.73. The van der Waals surface area contributed by atoms with E-state index in [1.807, 2.05) is 0 Å². The second-order valence-corrected chi connectivity index (χ2v) is 6.14. The number of carbonyl (C=O) groups is 1. The predicted octanol–water partition coefficient (Wildman–Crippen LogP) is 0.673. The van der Waals surface area contributed by atoms with Gasteiger partial charge in [-0.25, -0.2) is 8.42 Å². The largest absolute Gasteiger partial charge is 0.480 e. The van der Waals surface area contributed by atoms with Crippen LogP contribution in [-0.2, 0) is 14.6 Å². The predicted molar refractivity (Wildman–Crippen MR) is 48.2 cm³/mol. The SMILES string of the molecule is CC(C)C(C(=O)O)S(=O)(=O)C1CC1. The highest BCUT2D eigenvalue weighted by atomic mass is 32.2. The maximum atomic E-state index is 11.6. The van der Waals surface area contributed by atoms with Crippen molar-refractivity contribution in [1.82, 2.24) is 0 Å². The molecule has 0 spiro atoms. The van der Waals surface area contributed by atoms with Gasteiger partial charge < -0.3 is 5.11 Å². The van der Waals surface area contributed by atoms with Gasteiger partial charge in [-0.3, -0.25) is 4.79 Å². The summed E-state index contributed by atoms with van der Waals surface area (Å²) in [5.41, 5.74) is 0. The molecule has 1 N–H and O–H groups in total. The summed E-state index contributed by atoms with van der Waals surface area (Å²) in [6.07, 6.45) is 1.25. The first-order chi connectivity index (χ1) is 5.87. The lowest BCUT2D eigenvalue weighted by atomic mass is 10.1. The highest BCUT2D eigenvalue weighted by molar-refractivity contribution is 7.93. The Hall–Kier alpha value is -0.580. The molecule has 0 saturated heterocycles. The van der Waals surface area contributed by atoms with E-state index in [9.17, 15) is 13.2 Å². The fourth-order valence-electron chi connectivity index (χ4n) is 1.41. The molecule has 1 atom stereocenters. The molecule has 1 unspecified atom stereocenters. The molecule has 1 saturated carbocycles. The molecule has 1 fully saturated rings. The summed E-state index contributed by atoms with van der Waals surface area (Å²) in [6.45, 7) is 3.25. The van der Waals surface area contributed by atoms with Crippen molar-refractivity contribution in [3.05, 3.63) is 0 Å². The summed E-state index contributed by atoms with van der Waals surface area (Å²) < 4.78 is 23.2. The van der Waals surface area contributed by atoms with Gasteiger partial charge in [0, 0.05) is 0 Å². The third-order valence-electron chi connectivity index (χ3n) is 2.19. The van der Waals surface area contributed by atoms with Gasteiger partial charge in [-0.15, -0.1) is 0 Å². The van der Waals surface area contributed by atoms with Crippen LogP contribution in [0.5, 0.6) is 0 Å². The summed E-state index contributed by atoms with van der Waals surface area (Å²) >= 11 is 0. The van der Waals surface area contributed by atoms with E-state index in [1.165, 1.54) is 0 Å². The van der Waals surface area contributed by atoms with E-state index in [0.717, 1.165) is 0 Å². The molecule has 1 rings (SSSR count). The van der Waals surface area contributed by atoms with Crippen molar-refractivity contribution in [1.29, 1.82) is 0 Å². The molecule has 0 aromatic rings. The van der Waals surface area contributed by atoms with Gasteiger partial charge in [-0.2, -0.15) is 0 Å². The number of hydrogen-bond donors (Lipinski definition) is 1. The number of rotatable bonds is 4. The minimum atomic E-state index is -3.43. The molecule has 0 amide bonds. The maximum Gasteiger partial charge on any atom is 0.322 e. The van der Waals surface area contributed by atoms with Crippen LogP contribution in [0.2, 0.25) is 0 Å². The van der Waals surface area contributed by atoms with E-state index in [0.29, 0.717) is 12.8 Å². The van der Waals surface area contributed by atoms with Crippen molar-refractivity contribution in [2.75, 3.05) is 0 Å². The van der Waals surface area contributed by atoms with E-state index < -0.39 is 26.3 Å². The highest BCUT2D eigenvalue weighted by Crippen LogP contribution is 2.33. The van der Waals surface area contributed by atoms with Gasteiger partial charge in [0.15, 0.2) is 15.1 Å². The van der Waals surface area contributed by atoms with E-state index in [-0.39, 0.29) is 5.92 Å². The van der Waals surface area contributed by atoms with Gasteiger partial charge in [-0.1, -0.05) is 13.8 Å². The second-order valence-electron chi connectivity index (χ2n) is 3.79. The van der Waals surface area contributed by atoms with Crippen LogP contribution in [0.15, 0.2) is 0 Å². The lowest BCUT2D eigenvalue weighted by molar-refractivity contribution is -0.137. The van der Waals surface area contributed by atoms with Crippen LogP contribution in [0.25, 0.3) is 0 Å². The van der Waals surface area contributed by atoms with Crippen molar-refractivity contribution in [3.63, 3.8) is 0 Å². The minimum Gasteiger partial charge on any atom is -0.480 e. The van der Waals surface area contributed by atoms with Crippen molar-refractivity contribution in [2.24, 2.45) is 5.92 Å². The average Bonchev–Trinajstić information content (AvgIpc) is 2.61. The Morgan fingerprint density at radius 1 is 1.38 bits per heavy atom. The van der Waals surface area contributed by atoms with Gasteiger partial charge in [0.1, 0.15) is 0 Å². The summed E-state index contributed by atoms with van der Waals surface area (Å²) in [5, 5.41) is 7.16.